The Morgan fingerprint density at radius 3 is 1.95 bits per heavy atom. The Bertz CT molecular complexity index is 536. The van der Waals surface area contributed by atoms with Gasteiger partial charge in [-0.3, -0.25) is 0 Å². The van der Waals surface area contributed by atoms with Crippen molar-refractivity contribution in [1.82, 2.24) is 4.90 Å². The van der Waals surface area contributed by atoms with Crippen LogP contribution in [0.1, 0.15) is 13.8 Å². The molecule has 0 heterocycles. The summed E-state index contributed by atoms with van der Waals surface area (Å²) in [6.07, 6.45) is 0. The predicted molar refractivity (Wildman–Crippen MR) is 84.5 cm³/mol. The summed E-state index contributed by atoms with van der Waals surface area (Å²) in [6.45, 7) is 6.21. The van der Waals surface area contributed by atoms with Crippen LogP contribution >= 0.6 is 0 Å². The molecule has 2 N–H and O–H groups in total. The minimum absolute atomic E-state index is 0. The topological polar surface area (TPSA) is 32.2 Å². The van der Waals surface area contributed by atoms with Gasteiger partial charge in [-0.05, 0) is 38.1 Å². The van der Waals surface area contributed by atoms with Crippen molar-refractivity contribution in [2.24, 2.45) is 4.99 Å². The first-order valence-corrected chi connectivity index (χ1v) is 7.12. The van der Waals surface area contributed by atoms with Crippen molar-refractivity contribution in [2.45, 2.75) is 13.8 Å². The van der Waals surface area contributed by atoms with Crippen LogP contribution in [0.25, 0.3) is 0 Å². The molecule has 0 aliphatic heterocycles. The van der Waals surface area contributed by atoms with Crippen molar-refractivity contribution >= 4 is 17.3 Å². The molecule has 0 aromatic heterocycles. The van der Waals surface area contributed by atoms with E-state index in [-0.39, 0.29) is 12.4 Å². The maximum Gasteiger partial charge on any atom is 0.307 e. The third-order valence-corrected chi connectivity index (χ3v) is 3.18. The van der Waals surface area contributed by atoms with E-state index in [1.54, 1.807) is 0 Å². The number of halogens is 1. The van der Waals surface area contributed by atoms with Gasteiger partial charge in [-0.1, -0.05) is 36.4 Å². The lowest BCUT2D eigenvalue weighted by Gasteiger charge is -2.19. The average molecular weight is 304 g/mol. The molecular weight excluding hydrogens is 282 g/mol. The van der Waals surface area contributed by atoms with Crippen LogP contribution in [0.3, 0.4) is 0 Å². The van der Waals surface area contributed by atoms with E-state index < -0.39 is 0 Å². The molecular formula is C17H22ClN3. The smallest absolute Gasteiger partial charge is 0.307 e. The first-order chi connectivity index (χ1) is 9.83. The quantitative estimate of drug-likeness (QED) is 0.478. The van der Waals surface area contributed by atoms with E-state index in [2.05, 4.69) is 36.2 Å². The standard InChI is InChI=1S/C17H21N3.ClH/c1-3-20(4-2)17(18-15-11-7-5-8-12-15)19-16-13-9-6-10-14-16;/h5-14H,3-4H2,1-2H3,(H,18,19);1H. The Labute approximate surface area is 133 Å². The highest BCUT2D eigenvalue weighted by atomic mass is 35.5. The molecule has 3 nitrogen and oxygen atoms in total. The number of benzene rings is 2. The predicted octanol–water partition coefficient (Wildman–Crippen LogP) is -0.0850. The van der Waals surface area contributed by atoms with E-state index >= 15 is 0 Å². The van der Waals surface area contributed by atoms with Crippen molar-refractivity contribution < 1.29 is 17.7 Å². The number of guanidine groups is 1. The van der Waals surface area contributed by atoms with Crippen molar-refractivity contribution in [2.75, 3.05) is 13.1 Å². The van der Waals surface area contributed by atoms with Gasteiger partial charge in [-0.15, -0.1) is 0 Å². The van der Waals surface area contributed by atoms with Gasteiger partial charge in [0, 0.05) is 13.1 Å². The van der Waals surface area contributed by atoms with Crippen LogP contribution in [0, 0.1) is 0 Å². The lowest BCUT2D eigenvalue weighted by molar-refractivity contribution is -0.455. The molecule has 2 rings (SSSR count). The molecule has 2 aromatic carbocycles. The first kappa shape index (κ1) is 17.2. The number of nitrogens with zero attached hydrogens (tertiary/aromatic N) is 2. The summed E-state index contributed by atoms with van der Waals surface area (Å²) in [5.74, 6) is 1.01. The Morgan fingerprint density at radius 1 is 0.905 bits per heavy atom. The minimum Gasteiger partial charge on any atom is -1.00 e. The van der Waals surface area contributed by atoms with E-state index in [1.165, 1.54) is 5.69 Å². The van der Waals surface area contributed by atoms with Crippen molar-refractivity contribution in [1.29, 1.82) is 0 Å². The van der Waals surface area contributed by atoms with Gasteiger partial charge in [0.25, 0.3) is 0 Å². The van der Waals surface area contributed by atoms with Crippen LogP contribution < -0.4 is 17.7 Å². The molecule has 2 aromatic rings. The van der Waals surface area contributed by atoms with Gasteiger partial charge in [0.1, 0.15) is 5.69 Å². The molecule has 0 saturated carbocycles. The maximum absolute atomic E-state index is 4.78. The van der Waals surface area contributed by atoms with E-state index in [4.69, 9.17) is 4.99 Å². The number of hydrogen-bond acceptors (Lipinski definition) is 1. The van der Waals surface area contributed by atoms with E-state index in [0.29, 0.717) is 0 Å². The fourth-order valence-electron chi connectivity index (χ4n) is 2.08. The van der Waals surface area contributed by atoms with Crippen LogP contribution in [-0.4, -0.2) is 23.9 Å². The average Bonchev–Trinajstić information content (AvgIpc) is 2.50. The summed E-state index contributed by atoms with van der Waals surface area (Å²) >= 11 is 0. The molecule has 0 unspecified atom stereocenters. The van der Waals surface area contributed by atoms with Crippen LogP contribution in [0.5, 0.6) is 0 Å². The maximum atomic E-state index is 4.78. The molecule has 0 amide bonds. The highest BCUT2D eigenvalue weighted by molar-refractivity contribution is 5.75. The molecule has 0 spiro atoms. The van der Waals surface area contributed by atoms with Gasteiger partial charge in [0.15, 0.2) is 0 Å². The van der Waals surface area contributed by atoms with Crippen molar-refractivity contribution in [3.8, 4) is 0 Å². The molecule has 4 heteroatoms. The fraction of sp³-hybridized carbons (Fsp3) is 0.235. The number of rotatable bonds is 4. The summed E-state index contributed by atoms with van der Waals surface area (Å²) in [4.78, 5) is 7.05. The number of nitrogens with two attached hydrogens (primary N) is 1. The molecule has 0 atom stereocenters. The van der Waals surface area contributed by atoms with Crippen LogP contribution in [0.4, 0.5) is 11.4 Å². The summed E-state index contributed by atoms with van der Waals surface area (Å²) in [6, 6.07) is 20.4. The van der Waals surface area contributed by atoms with Crippen LogP contribution in [-0.2, 0) is 0 Å². The second kappa shape index (κ2) is 9.16. The van der Waals surface area contributed by atoms with E-state index in [9.17, 15) is 0 Å². The number of quaternary nitrogens is 1. The minimum atomic E-state index is 0. The highest BCUT2D eigenvalue weighted by Gasteiger charge is 2.13. The Hall–Kier alpha value is -1.84. The number of aliphatic imine (C=N–C) groups is 1. The van der Waals surface area contributed by atoms with Gasteiger partial charge in [-0.25, -0.2) is 5.32 Å². The van der Waals surface area contributed by atoms with Gasteiger partial charge in [0.2, 0.25) is 0 Å². The van der Waals surface area contributed by atoms with E-state index in [0.717, 1.165) is 24.7 Å². The first-order valence-electron chi connectivity index (χ1n) is 7.12. The van der Waals surface area contributed by atoms with E-state index in [1.807, 2.05) is 48.5 Å². The van der Waals surface area contributed by atoms with Gasteiger partial charge in [-0.2, -0.15) is 4.99 Å². The zero-order valence-electron chi connectivity index (χ0n) is 12.5. The molecule has 0 bridgehead atoms. The van der Waals surface area contributed by atoms with Crippen LogP contribution in [0.15, 0.2) is 65.7 Å². The van der Waals surface area contributed by atoms with Gasteiger partial charge < -0.3 is 17.3 Å². The van der Waals surface area contributed by atoms with Gasteiger partial charge >= 0.3 is 5.96 Å². The molecule has 112 valence electrons. The summed E-state index contributed by atoms with van der Waals surface area (Å²) in [5.41, 5.74) is 2.16. The van der Waals surface area contributed by atoms with Crippen LogP contribution in [0.2, 0.25) is 0 Å². The molecule has 21 heavy (non-hydrogen) atoms. The van der Waals surface area contributed by atoms with Gasteiger partial charge in [0.05, 0.1) is 5.69 Å². The number of para-hydroxylation sites is 2. The second-order valence-electron chi connectivity index (χ2n) is 4.53. The SMILES string of the molecule is CCN(CC)C(=Nc1ccccc1)[NH2+]c1ccccc1.[Cl-]. The zero-order valence-corrected chi connectivity index (χ0v) is 13.3. The molecule has 0 saturated heterocycles. The third-order valence-electron chi connectivity index (χ3n) is 3.18. The van der Waals surface area contributed by atoms with Crippen molar-refractivity contribution in [3.05, 3.63) is 60.7 Å². The number of hydrogen-bond donors (Lipinski definition) is 1. The summed E-state index contributed by atoms with van der Waals surface area (Å²) in [7, 11) is 0. The lowest BCUT2D eigenvalue weighted by atomic mass is 10.3. The van der Waals surface area contributed by atoms with Crippen molar-refractivity contribution in [3.63, 3.8) is 0 Å². The molecule has 0 fully saturated rings. The summed E-state index contributed by atoms with van der Waals surface area (Å²) in [5, 5.41) is 2.14. The molecule has 0 aliphatic carbocycles. The molecule has 0 aliphatic rings. The fourth-order valence-corrected chi connectivity index (χ4v) is 2.08. The highest BCUT2D eigenvalue weighted by Crippen LogP contribution is 2.10. The second-order valence-corrected chi connectivity index (χ2v) is 4.53. The Balaban J connectivity index is 0.00000220. The Kier molecular flexibility index (Phi) is 7.51. The monoisotopic (exact) mass is 303 g/mol. The normalized spacial score (nSPS) is 10.9. The molecule has 0 radical (unpaired) electrons. The summed E-state index contributed by atoms with van der Waals surface area (Å²) < 4.78 is 0. The zero-order chi connectivity index (χ0) is 14.2. The largest absolute Gasteiger partial charge is 1.00 e. The Morgan fingerprint density at radius 2 is 1.43 bits per heavy atom. The third kappa shape index (κ3) is 5.21. The lowest BCUT2D eigenvalue weighted by Crippen LogP contribution is -3.00.